The van der Waals surface area contributed by atoms with Crippen molar-refractivity contribution < 1.29 is 9.53 Å². The molecule has 0 saturated carbocycles. The fourth-order valence-corrected chi connectivity index (χ4v) is 2.53. The number of nitrogens with one attached hydrogen (secondary N) is 1. The summed E-state index contributed by atoms with van der Waals surface area (Å²) >= 11 is 0. The number of para-hydroxylation sites is 2. The van der Waals surface area contributed by atoms with Crippen molar-refractivity contribution in [3.05, 3.63) is 65.5 Å². The summed E-state index contributed by atoms with van der Waals surface area (Å²) in [6.45, 7) is 0.936. The van der Waals surface area contributed by atoms with Gasteiger partial charge in [-0.15, -0.1) is 0 Å². The van der Waals surface area contributed by atoms with E-state index in [0.29, 0.717) is 18.7 Å². The van der Waals surface area contributed by atoms with E-state index in [4.69, 9.17) is 4.74 Å². The normalized spacial score (nSPS) is 10.9. The lowest BCUT2D eigenvalue weighted by molar-refractivity contribution is 0.0949. The van der Waals surface area contributed by atoms with Gasteiger partial charge in [0.25, 0.3) is 5.91 Å². The number of amides is 1. The van der Waals surface area contributed by atoms with Crippen molar-refractivity contribution in [3.8, 4) is 0 Å². The first-order valence-corrected chi connectivity index (χ1v) is 7.45. The van der Waals surface area contributed by atoms with Crippen molar-refractivity contribution in [2.24, 2.45) is 7.05 Å². The Morgan fingerprint density at radius 3 is 2.61 bits per heavy atom. The van der Waals surface area contributed by atoms with Crippen LogP contribution in [0.1, 0.15) is 21.7 Å². The number of carbonyl (C=O) groups excluding carboxylic acids is 1. The quantitative estimate of drug-likeness (QED) is 0.788. The van der Waals surface area contributed by atoms with Crippen molar-refractivity contribution in [1.82, 2.24) is 14.9 Å². The molecule has 5 nitrogen and oxygen atoms in total. The lowest BCUT2D eigenvalue weighted by atomic mass is 10.1. The Kier molecular flexibility index (Phi) is 4.39. The Hall–Kier alpha value is -2.66. The summed E-state index contributed by atoms with van der Waals surface area (Å²) < 4.78 is 7.06. The maximum absolute atomic E-state index is 12.2. The number of nitrogens with zero attached hydrogens (tertiary/aromatic N) is 2. The minimum Gasteiger partial charge on any atom is -0.380 e. The maximum Gasteiger partial charge on any atom is 0.251 e. The van der Waals surface area contributed by atoms with Gasteiger partial charge in [-0.25, -0.2) is 4.98 Å². The van der Waals surface area contributed by atoms with Gasteiger partial charge in [-0.1, -0.05) is 24.3 Å². The molecule has 0 bridgehead atoms. The topological polar surface area (TPSA) is 56.1 Å². The average Bonchev–Trinajstić information content (AvgIpc) is 2.90. The SMILES string of the molecule is COCc1ccc(C(=O)NCc2nc3ccccc3n2C)cc1. The predicted molar refractivity (Wildman–Crippen MR) is 89.0 cm³/mol. The van der Waals surface area contributed by atoms with E-state index in [1.165, 1.54) is 0 Å². The number of rotatable bonds is 5. The van der Waals surface area contributed by atoms with Crippen molar-refractivity contribution in [2.45, 2.75) is 13.2 Å². The molecular formula is C18H19N3O2. The summed E-state index contributed by atoms with van der Waals surface area (Å²) in [6.07, 6.45) is 0. The van der Waals surface area contributed by atoms with Crippen LogP contribution in [0.3, 0.4) is 0 Å². The second-order valence-corrected chi connectivity index (χ2v) is 5.39. The number of fused-ring (bicyclic) bond motifs is 1. The molecule has 0 unspecified atom stereocenters. The van der Waals surface area contributed by atoms with E-state index in [1.54, 1.807) is 19.2 Å². The van der Waals surface area contributed by atoms with Gasteiger partial charge in [0.2, 0.25) is 0 Å². The molecule has 1 amide bonds. The number of hydrogen-bond acceptors (Lipinski definition) is 3. The number of hydrogen-bond donors (Lipinski definition) is 1. The number of imidazole rings is 1. The van der Waals surface area contributed by atoms with Crippen LogP contribution in [0.2, 0.25) is 0 Å². The van der Waals surface area contributed by atoms with Gasteiger partial charge >= 0.3 is 0 Å². The van der Waals surface area contributed by atoms with Crippen LogP contribution < -0.4 is 5.32 Å². The smallest absolute Gasteiger partial charge is 0.251 e. The van der Waals surface area contributed by atoms with Crippen LogP contribution in [0.5, 0.6) is 0 Å². The zero-order valence-electron chi connectivity index (χ0n) is 13.2. The van der Waals surface area contributed by atoms with Crippen molar-refractivity contribution in [1.29, 1.82) is 0 Å². The highest BCUT2D eigenvalue weighted by Crippen LogP contribution is 2.14. The first kappa shape index (κ1) is 15.2. The number of benzene rings is 2. The molecule has 1 heterocycles. The van der Waals surface area contributed by atoms with E-state index in [-0.39, 0.29) is 5.91 Å². The van der Waals surface area contributed by atoms with Crippen molar-refractivity contribution in [3.63, 3.8) is 0 Å². The Labute approximate surface area is 134 Å². The van der Waals surface area contributed by atoms with Crippen LogP contribution in [-0.2, 0) is 24.9 Å². The third-order valence-corrected chi connectivity index (χ3v) is 3.81. The van der Waals surface area contributed by atoms with Crippen LogP contribution in [0.15, 0.2) is 48.5 Å². The summed E-state index contributed by atoms with van der Waals surface area (Å²) in [5.74, 6) is 0.719. The van der Waals surface area contributed by atoms with Crippen LogP contribution in [0, 0.1) is 0 Å². The monoisotopic (exact) mass is 309 g/mol. The van der Waals surface area contributed by atoms with E-state index in [1.807, 2.05) is 48.0 Å². The molecule has 0 spiro atoms. The Bertz CT molecular complexity index is 822. The van der Waals surface area contributed by atoms with Gasteiger partial charge in [0.15, 0.2) is 0 Å². The van der Waals surface area contributed by atoms with Gasteiger partial charge in [-0.3, -0.25) is 4.79 Å². The molecule has 0 aliphatic rings. The van der Waals surface area contributed by atoms with Gasteiger partial charge in [-0.2, -0.15) is 0 Å². The minimum absolute atomic E-state index is 0.110. The highest BCUT2D eigenvalue weighted by molar-refractivity contribution is 5.94. The van der Waals surface area contributed by atoms with E-state index in [2.05, 4.69) is 10.3 Å². The van der Waals surface area contributed by atoms with E-state index in [9.17, 15) is 4.79 Å². The third-order valence-electron chi connectivity index (χ3n) is 3.81. The number of ether oxygens (including phenoxy) is 1. The van der Waals surface area contributed by atoms with Gasteiger partial charge < -0.3 is 14.6 Å². The van der Waals surface area contributed by atoms with Crippen molar-refractivity contribution in [2.75, 3.05) is 7.11 Å². The van der Waals surface area contributed by atoms with Crippen LogP contribution in [0.25, 0.3) is 11.0 Å². The van der Waals surface area contributed by atoms with Crippen LogP contribution in [0.4, 0.5) is 0 Å². The van der Waals surface area contributed by atoms with E-state index < -0.39 is 0 Å². The highest BCUT2D eigenvalue weighted by Gasteiger charge is 2.10. The minimum atomic E-state index is -0.110. The molecule has 0 radical (unpaired) electrons. The molecule has 3 aromatic rings. The second kappa shape index (κ2) is 6.62. The summed E-state index contributed by atoms with van der Waals surface area (Å²) in [4.78, 5) is 16.8. The molecule has 2 aromatic carbocycles. The fraction of sp³-hybridized carbons (Fsp3) is 0.222. The Morgan fingerprint density at radius 1 is 1.17 bits per heavy atom. The first-order chi connectivity index (χ1) is 11.2. The average molecular weight is 309 g/mol. The zero-order valence-corrected chi connectivity index (χ0v) is 13.2. The molecule has 0 fully saturated rings. The van der Waals surface area contributed by atoms with Gasteiger partial charge in [0.05, 0.1) is 24.2 Å². The van der Waals surface area contributed by atoms with E-state index >= 15 is 0 Å². The first-order valence-electron chi connectivity index (χ1n) is 7.45. The molecule has 0 aliphatic carbocycles. The molecular weight excluding hydrogens is 290 g/mol. The number of methoxy groups -OCH3 is 1. The van der Waals surface area contributed by atoms with Gasteiger partial charge in [0.1, 0.15) is 5.82 Å². The summed E-state index contributed by atoms with van der Waals surface area (Å²) in [7, 11) is 3.60. The zero-order chi connectivity index (χ0) is 16.2. The maximum atomic E-state index is 12.2. The molecule has 1 N–H and O–H groups in total. The second-order valence-electron chi connectivity index (χ2n) is 5.39. The number of aryl methyl sites for hydroxylation is 1. The molecule has 0 atom stereocenters. The lowest BCUT2D eigenvalue weighted by Gasteiger charge is -2.06. The Morgan fingerprint density at radius 2 is 1.91 bits per heavy atom. The molecule has 118 valence electrons. The number of aromatic nitrogens is 2. The van der Waals surface area contributed by atoms with Gasteiger partial charge in [0, 0.05) is 19.7 Å². The van der Waals surface area contributed by atoms with Crippen LogP contribution in [-0.4, -0.2) is 22.6 Å². The summed E-state index contributed by atoms with van der Waals surface area (Å²) in [5.41, 5.74) is 3.66. The van der Waals surface area contributed by atoms with E-state index in [0.717, 1.165) is 22.4 Å². The number of carbonyl (C=O) groups is 1. The molecule has 3 rings (SSSR count). The van der Waals surface area contributed by atoms with Crippen LogP contribution >= 0.6 is 0 Å². The predicted octanol–water partition coefficient (Wildman–Crippen LogP) is 2.65. The molecule has 5 heteroatoms. The standard InChI is InChI=1S/C18H19N3O2/c1-21-16-6-4-3-5-15(16)20-17(21)11-19-18(22)14-9-7-13(8-10-14)12-23-2/h3-10H,11-12H2,1-2H3,(H,19,22). The van der Waals surface area contributed by atoms with Gasteiger partial charge in [-0.05, 0) is 29.8 Å². The summed E-state index contributed by atoms with van der Waals surface area (Å²) in [6, 6.07) is 15.3. The molecule has 23 heavy (non-hydrogen) atoms. The lowest BCUT2D eigenvalue weighted by Crippen LogP contribution is -2.24. The molecule has 0 saturated heterocycles. The van der Waals surface area contributed by atoms with Crippen molar-refractivity contribution >= 4 is 16.9 Å². The highest BCUT2D eigenvalue weighted by atomic mass is 16.5. The summed E-state index contributed by atoms with van der Waals surface area (Å²) in [5, 5.41) is 2.91. The third kappa shape index (κ3) is 3.24. The Balaban J connectivity index is 1.69. The molecule has 1 aromatic heterocycles. The largest absolute Gasteiger partial charge is 0.380 e. The fourth-order valence-electron chi connectivity index (χ4n) is 2.53. The molecule has 0 aliphatic heterocycles.